The zero-order chi connectivity index (χ0) is 22.5. The van der Waals surface area contributed by atoms with Gasteiger partial charge in [-0.2, -0.15) is 0 Å². The molecule has 0 atom stereocenters. The van der Waals surface area contributed by atoms with E-state index in [-0.39, 0.29) is 5.91 Å². The van der Waals surface area contributed by atoms with Gasteiger partial charge >= 0.3 is 0 Å². The lowest BCUT2D eigenvalue weighted by Crippen LogP contribution is -2.46. The number of hydrogen-bond donors (Lipinski definition) is 0. The highest BCUT2D eigenvalue weighted by Crippen LogP contribution is 2.26. The molecular weight excluding hydrogens is 442 g/mol. The Balaban J connectivity index is 1.34. The third-order valence-electron chi connectivity index (χ3n) is 6.44. The maximum atomic E-state index is 12.7. The Hall–Kier alpha value is -1.83. The highest BCUT2D eigenvalue weighted by Gasteiger charge is 2.21. The van der Waals surface area contributed by atoms with Crippen LogP contribution in [-0.4, -0.2) is 71.5 Å². The molecule has 0 aliphatic carbocycles. The molecule has 4 rings (SSSR count). The molecule has 0 radical (unpaired) electrons. The zero-order valence-corrected chi connectivity index (χ0v) is 20.5. The Bertz CT molecular complexity index is 909. The predicted octanol–water partition coefficient (Wildman–Crippen LogP) is 4.44. The van der Waals surface area contributed by atoms with Gasteiger partial charge in [0.05, 0.1) is 0 Å². The van der Waals surface area contributed by atoms with E-state index >= 15 is 0 Å². The van der Waals surface area contributed by atoms with Crippen LogP contribution in [0.4, 0.5) is 5.82 Å². The van der Waals surface area contributed by atoms with Crippen LogP contribution in [0.15, 0.2) is 35.5 Å². The number of piperazine rings is 1. The Kier molecular flexibility index (Phi) is 7.92. The van der Waals surface area contributed by atoms with Crippen molar-refractivity contribution in [2.75, 3.05) is 50.7 Å². The molecule has 0 N–H and O–H groups in total. The molecule has 2 aliphatic rings. The van der Waals surface area contributed by atoms with Crippen LogP contribution < -0.4 is 4.90 Å². The second kappa shape index (κ2) is 10.9. The van der Waals surface area contributed by atoms with Crippen LogP contribution in [0.3, 0.4) is 0 Å². The quantitative estimate of drug-likeness (QED) is 0.351. The molecule has 172 valence electrons. The lowest BCUT2D eigenvalue weighted by atomic mass is 9.98. The number of amides is 1. The van der Waals surface area contributed by atoms with Gasteiger partial charge in [0.1, 0.15) is 11.0 Å². The van der Waals surface area contributed by atoms with Crippen molar-refractivity contribution in [2.24, 2.45) is 5.92 Å². The number of thioether (sulfide) groups is 1. The van der Waals surface area contributed by atoms with Crippen molar-refractivity contribution in [3.05, 3.63) is 46.6 Å². The van der Waals surface area contributed by atoms with Gasteiger partial charge in [0.2, 0.25) is 0 Å². The number of carbonyl (C=O) groups excluding carboxylic acids is 1. The van der Waals surface area contributed by atoms with Crippen molar-refractivity contribution in [1.82, 2.24) is 19.8 Å². The fourth-order valence-electron chi connectivity index (χ4n) is 4.19. The number of piperidine rings is 1. The molecule has 2 aromatic rings. The summed E-state index contributed by atoms with van der Waals surface area (Å²) in [5, 5.41) is 1.17. The topological polar surface area (TPSA) is 52.6 Å². The van der Waals surface area contributed by atoms with E-state index in [0.717, 1.165) is 81.4 Å². The molecule has 6 nitrogen and oxygen atoms in total. The van der Waals surface area contributed by atoms with E-state index in [1.165, 1.54) is 0 Å². The first kappa shape index (κ1) is 23.3. The predicted molar refractivity (Wildman–Crippen MR) is 132 cm³/mol. The summed E-state index contributed by atoms with van der Waals surface area (Å²) in [7, 11) is 0. The van der Waals surface area contributed by atoms with Gasteiger partial charge < -0.3 is 14.7 Å². The minimum Gasteiger partial charge on any atom is -0.354 e. The summed E-state index contributed by atoms with van der Waals surface area (Å²) in [6.45, 7) is 11.3. The number of benzene rings is 1. The number of rotatable bonds is 6. The van der Waals surface area contributed by atoms with Crippen molar-refractivity contribution < 1.29 is 4.79 Å². The minimum atomic E-state index is 0.141. The Morgan fingerprint density at radius 3 is 2.41 bits per heavy atom. The zero-order valence-electron chi connectivity index (χ0n) is 19.0. The maximum Gasteiger partial charge on any atom is 0.253 e. The first-order valence-electron chi connectivity index (χ1n) is 11.5. The third-order valence-corrected chi connectivity index (χ3v) is 7.56. The van der Waals surface area contributed by atoms with E-state index in [2.05, 4.69) is 28.6 Å². The maximum absolute atomic E-state index is 12.7. The number of likely N-dealkylation sites (N-methyl/N-ethyl adjacent to an activating group) is 1. The first-order chi connectivity index (χ1) is 15.5. The van der Waals surface area contributed by atoms with E-state index in [4.69, 9.17) is 16.6 Å². The molecule has 0 saturated carbocycles. The molecule has 0 unspecified atom stereocenters. The van der Waals surface area contributed by atoms with Gasteiger partial charge in [-0.1, -0.05) is 49.3 Å². The molecule has 8 heteroatoms. The van der Waals surface area contributed by atoms with Gasteiger partial charge in [-0.3, -0.25) is 4.79 Å². The van der Waals surface area contributed by atoms with Crippen LogP contribution in [-0.2, 0) is 5.75 Å². The molecule has 0 bridgehead atoms. The molecular formula is C24H32ClN5OS. The Morgan fingerprint density at radius 2 is 1.75 bits per heavy atom. The number of nitrogens with zero attached hydrogens (tertiary/aromatic N) is 5. The van der Waals surface area contributed by atoms with Gasteiger partial charge in [-0.25, -0.2) is 9.97 Å². The monoisotopic (exact) mass is 473 g/mol. The molecule has 2 saturated heterocycles. The summed E-state index contributed by atoms with van der Waals surface area (Å²) in [5.41, 5.74) is 1.90. The van der Waals surface area contributed by atoms with Gasteiger partial charge in [0.25, 0.3) is 5.91 Å². The second-order valence-electron chi connectivity index (χ2n) is 8.71. The summed E-state index contributed by atoms with van der Waals surface area (Å²) in [6, 6.07) is 9.79. The average molecular weight is 474 g/mol. The van der Waals surface area contributed by atoms with Crippen molar-refractivity contribution >= 4 is 35.1 Å². The fraction of sp³-hybridized carbons (Fsp3) is 0.542. The van der Waals surface area contributed by atoms with Crippen LogP contribution >= 0.6 is 23.4 Å². The molecule has 1 aromatic heterocycles. The third kappa shape index (κ3) is 5.94. The molecule has 1 amide bonds. The highest BCUT2D eigenvalue weighted by molar-refractivity contribution is 7.98. The van der Waals surface area contributed by atoms with Crippen molar-refractivity contribution in [3.63, 3.8) is 0 Å². The van der Waals surface area contributed by atoms with Crippen LogP contribution in [0.25, 0.3) is 0 Å². The smallest absolute Gasteiger partial charge is 0.253 e. The summed E-state index contributed by atoms with van der Waals surface area (Å²) < 4.78 is 0. The van der Waals surface area contributed by atoms with Gasteiger partial charge in [-0.05, 0) is 43.0 Å². The van der Waals surface area contributed by atoms with Gasteiger partial charge in [-0.15, -0.1) is 0 Å². The summed E-state index contributed by atoms with van der Waals surface area (Å²) in [5.74, 6) is 2.50. The van der Waals surface area contributed by atoms with Crippen molar-refractivity contribution in [3.8, 4) is 0 Å². The summed E-state index contributed by atoms with van der Waals surface area (Å²) >= 11 is 7.88. The fourth-order valence-corrected chi connectivity index (χ4v) is 5.23. The standard InChI is InChI=1S/C24H32ClN5OS/c1-3-28-12-14-29(15-13-28)22-16-21(25)26-24(27-22)32-17-19-4-6-20(7-5-19)23(31)30-10-8-18(2)9-11-30/h4-7,16,18H,3,8-15,17H2,1-2H3. The number of likely N-dealkylation sites (tertiary alicyclic amines) is 1. The summed E-state index contributed by atoms with van der Waals surface area (Å²) in [6.07, 6.45) is 2.19. The number of anilines is 1. The van der Waals surface area contributed by atoms with E-state index in [0.29, 0.717) is 16.2 Å². The van der Waals surface area contributed by atoms with Crippen LogP contribution in [0.2, 0.25) is 5.15 Å². The average Bonchev–Trinajstić information content (AvgIpc) is 2.83. The van der Waals surface area contributed by atoms with Crippen LogP contribution in [0.5, 0.6) is 0 Å². The van der Waals surface area contributed by atoms with Crippen molar-refractivity contribution in [2.45, 2.75) is 37.6 Å². The normalized spacial score (nSPS) is 18.2. The summed E-state index contributed by atoms with van der Waals surface area (Å²) in [4.78, 5) is 28.6. The van der Waals surface area contributed by atoms with E-state index in [1.54, 1.807) is 11.8 Å². The minimum absolute atomic E-state index is 0.141. The number of carbonyl (C=O) groups is 1. The molecule has 2 fully saturated rings. The number of aromatic nitrogens is 2. The SMILES string of the molecule is CCN1CCN(c2cc(Cl)nc(SCc3ccc(C(=O)N4CCC(C)CC4)cc3)n2)CC1. The van der Waals surface area contributed by atoms with Crippen LogP contribution in [0.1, 0.15) is 42.6 Å². The van der Waals surface area contributed by atoms with Crippen molar-refractivity contribution in [1.29, 1.82) is 0 Å². The van der Waals surface area contributed by atoms with E-state index in [9.17, 15) is 4.79 Å². The molecule has 2 aliphatic heterocycles. The lowest BCUT2D eigenvalue weighted by molar-refractivity contribution is 0.0697. The molecule has 3 heterocycles. The molecule has 32 heavy (non-hydrogen) atoms. The first-order valence-corrected chi connectivity index (χ1v) is 12.9. The Morgan fingerprint density at radius 1 is 1.06 bits per heavy atom. The van der Waals surface area contributed by atoms with Gasteiger partial charge in [0.15, 0.2) is 5.16 Å². The Labute approximate surface area is 200 Å². The largest absolute Gasteiger partial charge is 0.354 e. The lowest BCUT2D eigenvalue weighted by Gasteiger charge is -2.34. The number of halogens is 1. The van der Waals surface area contributed by atoms with E-state index < -0.39 is 0 Å². The highest BCUT2D eigenvalue weighted by atomic mass is 35.5. The van der Waals surface area contributed by atoms with Gasteiger partial charge in [0, 0.05) is 56.7 Å². The molecule has 0 spiro atoms. The molecule has 1 aromatic carbocycles. The van der Waals surface area contributed by atoms with Crippen LogP contribution in [0, 0.1) is 5.92 Å². The second-order valence-corrected chi connectivity index (χ2v) is 10.0. The number of hydrogen-bond acceptors (Lipinski definition) is 6. The van der Waals surface area contributed by atoms with E-state index in [1.807, 2.05) is 35.2 Å².